The molecule has 1 aromatic carbocycles. The molecule has 0 N–H and O–H groups in total. The van der Waals surface area contributed by atoms with Crippen molar-refractivity contribution >= 4 is 17.7 Å². The van der Waals surface area contributed by atoms with Gasteiger partial charge < -0.3 is 4.90 Å². The number of nitro benzene ring substituents is 1. The summed E-state index contributed by atoms with van der Waals surface area (Å²) in [5, 5.41) is 10.8. The molecule has 0 bridgehead atoms. The molecule has 0 amide bonds. The molecular formula is C15H21N3O3. The minimum atomic E-state index is -0.478. The summed E-state index contributed by atoms with van der Waals surface area (Å²) >= 11 is 0. The second kappa shape index (κ2) is 5.81. The molecule has 1 aliphatic heterocycles. The van der Waals surface area contributed by atoms with E-state index in [4.69, 9.17) is 0 Å². The van der Waals surface area contributed by atoms with E-state index in [9.17, 15) is 14.9 Å². The van der Waals surface area contributed by atoms with Crippen LogP contribution in [0.2, 0.25) is 0 Å². The minimum absolute atomic E-state index is 0.0471. The first-order chi connectivity index (χ1) is 9.82. The van der Waals surface area contributed by atoms with Gasteiger partial charge in [0.15, 0.2) is 6.29 Å². The van der Waals surface area contributed by atoms with Gasteiger partial charge in [-0.2, -0.15) is 0 Å². The van der Waals surface area contributed by atoms with E-state index in [1.807, 2.05) is 0 Å². The molecule has 6 nitrogen and oxygen atoms in total. The van der Waals surface area contributed by atoms with Crippen LogP contribution in [0, 0.1) is 10.1 Å². The second-order valence-electron chi connectivity index (χ2n) is 6.26. The first-order valence-corrected chi connectivity index (χ1v) is 7.06. The summed E-state index contributed by atoms with van der Waals surface area (Å²) in [6.07, 6.45) is 0.693. The number of non-ortho nitro benzene ring substituents is 1. The number of carbonyl (C=O) groups is 1. The van der Waals surface area contributed by atoms with Crippen molar-refractivity contribution < 1.29 is 9.72 Å². The van der Waals surface area contributed by atoms with E-state index < -0.39 is 4.92 Å². The normalized spacial score (nSPS) is 16.8. The average Bonchev–Trinajstić information content (AvgIpc) is 2.45. The lowest BCUT2D eigenvalue weighted by Crippen LogP contribution is -2.53. The van der Waals surface area contributed by atoms with Gasteiger partial charge in [-0.05, 0) is 26.8 Å². The lowest BCUT2D eigenvalue weighted by Gasteiger charge is -2.43. The van der Waals surface area contributed by atoms with Crippen molar-refractivity contribution in [1.29, 1.82) is 0 Å². The van der Waals surface area contributed by atoms with E-state index in [0.717, 1.165) is 31.9 Å². The van der Waals surface area contributed by atoms with Crippen LogP contribution in [0.1, 0.15) is 31.1 Å². The van der Waals surface area contributed by atoms with E-state index in [1.54, 1.807) is 6.07 Å². The Bertz CT molecular complexity index is 544. The lowest BCUT2D eigenvalue weighted by molar-refractivity contribution is -0.384. The molecule has 0 saturated carbocycles. The summed E-state index contributed by atoms with van der Waals surface area (Å²) in [6, 6.07) is 4.48. The third-order valence-electron chi connectivity index (χ3n) is 3.92. The van der Waals surface area contributed by atoms with E-state index in [0.29, 0.717) is 11.8 Å². The molecule has 0 unspecified atom stereocenters. The van der Waals surface area contributed by atoms with Crippen LogP contribution in [-0.4, -0.2) is 47.8 Å². The van der Waals surface area contributed by atoms with Crippen LogP contribution in [0.3, 0.4) is 0 Å². The smallest absolute Gasteiger partial charge is 0.270 e. The number of hydrogen-bond donors (Lipinski definition) is 0. The number of carbonyl (C=O) groups excluding carboxylic acids is 1. The predicted molar refractivity (Wildman–Crippen MR) is 82.0 cm³/mol. The van der Waals surface area contributed by atoms with Gasteiger partial charge in [-0.1, -0.05) is 0 Å². The standard InChI is InChI=1S/C15H21N3O3/c1-15(2,3)17-8-6-16(7-9-17)14-5-4-13(18(20)21)10-12(14)11-19/h4-5,10-11H,6-9H2,1-3H3. The van der Waals surface area contributed by atoms with Gasteiger partial charge in [-0.25, -0.2) is 0 Å². The first kappa shape index (κ1) is 15.4. The fourth-order valence-electron chi connectivity index (χ4n) is 2.66. The Kier molecular flexibility index (Phi) is 4.27. The molecule has 0 aliphatic carbocycles. The van der Waals surface area contributed by atoms with Crippen LogP contribution in [0.5, 0.6) is 0 Å². The fourth-order valence-corrected chi connectivity index (χ4v) is 2.66. The third kappa shape index (κ3) is 3.39. The number of nitro groups is 1. The number of benzene rings is 1. The highest BCUT2D eigenvalue weighted by Crippen LogP contribution is 2.26. The van der Waals surface area contributed by atoms with Crippen molar-refractivity contribution in [3.63, 3.8) is 0 Å². The molecule has 0 spiro atoms. The topological polar surface area (TPSA) is 66.7 Å². The number of hydrogen-bond acceptors (Lipinski definition) is 5. The molecule has 6 heteroatoms. The van der Waals surface area contributed by atoms with Crippen LogP contribution in [0.15, 0.2) is 18.2 Å². The second-order valence-corrected chi connectivity index (χ2v) is 6.26. The highest BCUT2D eigenvalue weighted by atomic mass is 16.6. The maximum atomic E-state index is 11.2. The predicted octanol–water partition coefficient (Wildman–Crippen LogP) is 2.33. The molecule has 0 aromatic heterocycles. The molecule has 1 aromatic rings. The van der Waals surface area contributed by atoms with Crippen LogP contribution >= 0.6 is 0 Å². The molecule has 0 radical (unpaired) electrons. The first-order valence-electron chi connectivity index (χ1n) is 7.06. The van der Waals surface area contributed by atoms with Crippen molar-refractivity contribution in [1.82, 2.24) is 4.90 Å². The molecule has 2 rings (SSSR count). The zero-order valence-electron chi connectivity index (χ0n) is 12.7. The summed E-state index contributed by atoms with van der Waals surface area (Å²) in [5.41, 5.74) is 1.25. The van der Waals surface area contributed by atoms with E-state index >= 15 is 0 Å². The van der Waals surface area contributed by atoms with Gasteiger partial charge >= 0.3 is 0 Å². The number of anilines is 1. The lowest BCUT2D eigenvalue weighted by atomic mass is 10.0. The maximum absolute atomic E-state index is 11.2. The Morgan fingerprint density at radius 3 is 2.29 bits per heavy atom. The molecule has 0 atom stereocenters. The van der Waals surface area contributed by atoms with E-state index in [1.165, 1.54) is 12.1 Å². The zero-order chi connectivity index (χ0) is 15.6. The van der Waals surface area contributed by atoms with Gasteiger partial charge in [0.2, 0.25) is 0 Å². The van der Waals surface area contributed by atoms with Gasteiger partial charge in [-0.3, -0.25) is 19.8 Å². The largest absolute Gasteiger partial charge is 0.368 e. The highest BCUT2D eigenvalue weighted by molar-refractivity contribution is 5.86. The van der Waals surface area contributed by atoms with Crippen LogP contribution in [0.4, 0.5) is 11.4 Å². The molecule has 1 heterocycles. The van der Waals surface area contributed by atoms with E-state index in [2.05, 4.69) is 30.6 Å². The summed E-state index contributed by atoms with van der Waals surface area (Å²) in [6.45, 7) is 10.0. The van der Waals surface area contributed by atoms with Gasteiger partial charge in [0.25, 0.3) is 5.69 Å². The van der Waals surface area contributed by atoms with Crippen molar-refractivity contribution in [2.24, 2.45) is 0 Å². The molecule has 1 aliphatic rings. The molecular weight excluding hydrogens is 270 g/mol. The van der Waals surface area contributed by atoms with Crippen molar-refractivity contribution in [3.05, 3.63) is 33.9 Å². The van der Waals surface area contributed by atoms with Gasteiger partial charge in [0, 0.05) is 55.1 Å². The Morgan fingerprint density at radius 1 is 1.19 bits per heavy atom. The Labute approximate surface area is 124 Å². The summed E-state index contributed by atoms with van der Waals surface area (Å²) < 4.78 is 0. The summed E-state index contributed by atoms with van der Waals surface area (Å²) in [5.74, 6) is 0. The quantitative estimate of drug-likeness (QED) is 0.486. The van der Waals surface area contributed by atoms with Crippen LogP contribution < -0.4 is 4.90 Å². The van der Waals surface area contributed by atoms with Gasteiger partial charge in [-0.15, -0.1) is 0 Å². The highest BCUT2D eigenvalue weighted by Gasteiger charge is 2.27. The third-order valence-corrected chi connectivity index (χ3v) is 3.92. The number of rotatable bonds is 3. The number of nitrogens with zero attached hydrogens (tertiary/aromatic N) is 3. The number of aldehydes is 1. The fraction of sp³-hybridized carbons (Fsp3) is 0.533. The van der Waals surface area contributed by atoms with E-state index in [-0.39, 0.29) is 11.2 Å². The van der Waals surface area contributed by atoms with Crippen molar-refractivity contribution in [2.45, 2.75) is 26.3 Å². The van der Waals surface area contributed by atoms with Crippen LogP contribution in [0.25, 0.3) is 0 Å². The monoisotopic (exact) mass is 291 g/mol. The Balaban J connectivity index is 2.17. The molecule has 21 heavy (non-hydrogen) atoms. The van der Waals surface area contributed by atoms with Crippen molar-refractivity contribution in [2.75, 3.05) is 31.1 Å². The Hall–Kier alpha value is -1.95. The number of piperazine rings is 1. The SMILES string of the molecule is CC(C)(C)N1CCN(c2ccc([N+](=O)[O-])cc2C=O)CC1. The van der Waals surface area contributed by atoms with Crippen molar-refractivity contribution in [3.8, 4) is 0 Å². The summed E-state index contributed by atoms with van der Waals surface area (Å²) in [4.78, 5) is 26.0. The average molecular weight is 291 g/mol. The Morgan fingerprint density at radius 2 is 1.81 bits per heavy atom. The molecule has 1 saturated heterocycles. The molecule has 114 valence electrons. The van der Waals surface area contributed by atoms with Gasteiger partial charge in [0.1, 0.15) is 0 Å². The minimum Gasteiger partial charge on any atom is -0.368 e. The zero-order valence-corrected chi connectivity index (χ0v) is 12.7. The van der Waals surface area contributed by atoms with Gasteiger partial charge in [0.05, 0.1) is 4.92 Å². The molecule has 1 fully saturated rings. The van der Waals surface area contributed by atoms with Crippen LogP contribution in [-0.2, 0) is 0 Å². The summed E-state index contributed by atoms with van der Waals surface area (Å²) in [7, 11) is 0. The maximum Gasteiger partial charge on any atom is 0.270 e.